The van der Waals surface area contributed by atoms with Crippen molar-refractivity contribution in [2.75, 3.05) is 9.80 Å². The summed E-state index contributed by atoms with van der Waals surface area (Å²) in [4.78, 5) is 5.14. The molecule has 0 bridgehead atoms. The lowest BCUT2D eigenvalue weighted by atomic mass is 9.33. The van der Waals surface area contributed by atoms with Crippen LogP contribution >= 0.6 is 0 Å². The normalized spacial score (nSPS) is 13.1. The smallest absolute Gasteiger partial charge is 0.252 e. The summed E-state index contributed by atoms with van der Waals surface area (Å²) < 4.78 is 0. The summed E-state index contributed by atoms with van der Waals surface area (Å²) in [6.07, 6.45) is 0. The average Bonchev–Trinajstić information content (AvgIpc) is 3.16. The van der Waals surface area contributed by atoms with Crippen LogP contribution in [0.2, 0.25) is 0 Å². The van der Waals surface area contributed by atoms with Crippen LogP contribution in [0.5, 0.6) is 0 Å². The van der Waals surface area contributed by atoms with Gasteiger partial charge in [0.05, 0.1) is 5.69 Å². The van der Waals surface area contributed by atoms with Gasteiger partial charge in [-0.15, -0.1) is 0 Å². The van der Waals surface area contributed by atoms with Crippen LogP contribution in [-0.2, 0) is 12.0 Å². The molecule has 2 nitrogen and oxygen atoms in total. The zero-order valence-corrected chi connectivity index (χ0v) is 28.8. The molecule has 0 saturated carbocycles. The fraction of sp³-hybridized carbons (Fsp3) is 0.106. The molecule has 0 unspecified atom stereocenters. The summed E-state index contributed by atoms with van der Waals surface area (Å²) in [5.74, 6) is 0. The van der Waals surface area contributed by atoms with Crippen molar-refractivity contribution in [1.29, 1.82) is 0 Å². The summed E-state index contributed by atoms with van der Waals surface area (Å²) in [7, 11) is 0. The van der Waals surface area contributed by atoms with E-state index < -0.39 is 0 Å². The molecule has 0 saturated heterocycles. The molecular weight excluding hydrogens is 603 g/mol. The molecule has 0 atom stereocenters. The van der Waals surface area contributed by atoms with Crippen molar-refractivity contribution < 1.29 is 0 Å². The summed E-state index contributed by atoms with van der Waals surface area (Å²) in [5.41, 5.74) is 17.8. The van der Waals surface area contributed by atoms with Crippen LogP contribution in [0.3, 0.4) is 0 Å². The monoisotopic (exact) mass is 642 g/mol. The topological polar surface area (TPSA) is 6.48 Å². The maximum atomic E-state index is 2.59. The Hall–Kier alpha value is -5.80. The number of nitrogens with zero attached hydrogens (tertiary/aromatic N) is 2. The Labute approximate surface area is 296 Å². The molecule has 0 spiro atoms. The Kier molecular flexibility index (Phi) is 7.24. The number of para-hydroxylation sites is 3. The molecule has 50 heavy (non-hydrogen) atoms. The van der Waals surface area contributed by atoms with Gasteiger partial charge in [-0.05, 0) is 80.0 Å². The molecule has 7 aromatic rings. The lowest BCUT2D eigenvalue weighted by Crippen LogP contribution is -2.61. The van der Waals surface area contributed by atoms with Crippen molar-refractivity contribution in [3.8, 4) is 22.3 Å². The molecular formula is C47H39BN2. The van der Waals surface area contributed by atoms with Crippen LogP contribution in [0.1, 0.15) is 31.9 Å². The lowest BCUT2D eigenvalue weighted by Gasteiger charge is -2.45. The zero-order valence-electron chi connectivity index (χ0n) is 28.8. The van der Waals surface area contributed by atoms with Gasteiger partial charge >= 0.3 is 0 Å². The van der Waals surface area contributed by atoms with Gasteiger partial charge in [-0.25, -0.2) is 0 Å². The fourth-order valence-corrected chi connectivity index (χ4v) is 8.10. The summed E-state index contributed by atoms with van der Waals surface area (Å²) in [6.45, 7) is 7.89. The van der Waals surface area contributed by atoms with Crippen LogP contribution in [0.15, 0.2) is 170 Å². The Bertz CT molecular complexity index is 2360. The highest BCUT2D eigenvalue weighted by molar-refractivity contribution is 7.00. The van der Waals surface area contributed by atoms with Crippen LogP contribution in [0.4, 0.5) is 28.4 Å². The van der Waals surface area contributed by atoms with E-state index in [0.717, 1.165) is 6.54 Å². The molecule has 3 heteroatoms. The maximum Gasteiger partial charge on any atom is 0.252 e. The molecule has 240 valence electrons. The maximum absolute atomic E-state index is 2.59. The van der Waals surface area contributed by atoms with Crippen molar-refractivity contribution in [1.82, 2.24) is 0 Å². The van der Waals surface area contributed by atoms with E-state index in [4.69, 9.17) is 0 Å². The molecule has 0 aromatic heterocycles. The van der Waals surface area contributed by atoms with Gasteiger partial charge in [0.15, 0.2) is 0 Å². The third kappa shape index (κ3) is 4.96. The molecule has 7 aromatic carbocycles. The average molecular weight is 643 g/mol. The standard InChI is InChI=1S/C47H39BN2/c1-47(2,3)36-30-44-46-45(31-36)50(41-27-15-12-24-38(41)34-20-8-5-9-21-34)43-29-17-14-26-40(43)48(46)39-25-13-16-28-42(39)49(44)32-35-22-10-11-23-37(35)33-18-6-4-7-19-33/h4-31H,32H2,1-3H3. The van der Waals surface area contributed by atoms with Crippen LogP contribution < -0.4 is 26.2 Å². The van der Waals surface area contributed by atoms with E-state index in [0.29, 0.717) is 0 Å². The quantitative estimate of drug-likeness (QED) is 0.173. The molecule has 0 N–H and O–H groups in total. The van der Waals surface area contributed by atoms with Crippen LogP contribution in [0.25, 0.3) is 22.3 Å². The van der Waals surface area contributed by atoms with Gasteiger partial charge in [-0.3, -0.25) is 0 Å². The Morgan fingerprint density at radius 2 is 0.960 bits per heavy atom. The van der Waals surface area contributed by atoms with E-state index >= 15 is 0 Å². The second-order valence-corrected chi connectivity index (χ2v) is 14.6. The zero-order chi connectivity index (χ0) is 33.8. The minimum absolute atomic E-state index is 0.0623. The van der Waals surface area contributed by atoms with Gasteiger partial charge in [0.25, 0.3) is 6.71 Å². The van der Waals surface area contributed by atoms with Crippen molar-refractivity contribution in [3.05, 3.63) is 181 Å². The number of anilines is 5. The highest BCUT2D eigenvalue weighted by Gasteiger charge is 2.43. The first kappa shape index (κ1) is 30.3. The predicted molar refractivity (Wildman–Crippen MR) is 214 cm³/mol. The number of hydrogen-bond donors (Lipinski definition) is 0. The van der Waals surface area contributed by atoms with Crippen molar-refractivity contribution in [3.63, 3.8) is 0 Å². The first-order valence-corrected chi connectivity index (χ1v) is 17.7. The fourth-order valence-electron chi connectivity index (χ4n) is 8.10. The van der Waals surface area contributed by atoms with Gasteiger partial charge in [0.1, 0.15) is 0 Å². The third-order valence-electron chi connectivity index (χ3n) is 10.5. The minimum atomic E-state index is -0.0623. The largest absolute Gasteiger partial charge is 0.338 e. The third-order valence-corrected chi connectivity index (χ3v) is 10.5. The van der Waals surface area contributed by atoms with E-state index in [9.17, 15) is 0 Å². The molecule has 2 heterocycles. The van der Waals surface area contributed by atoms with E-state index in [1.165, 1.54) is 78.2 Å². The molecule has 0 aliphatic carbocycles. The molecule has 0 fully saturated rings. The molecule has 0 amide bonds. The van der Waals surface area contributed by atoms with Gasteiger partial charge in [-0.1, -0.05) is 160 Å². The van der Waals surface area contributed by atoms with Crippen LogP contribution in [-0.4, -0.2) is 6.71 Å². The summed E-state index contributed by atoms with van der Waals surface area (Å²) in [5, 5.41) is 0. The summed E-state index contributed by atoms with van der Waals surface area (Å²) in [6, 6.07) is 62.5. The lowest BCUT2D eigenvalue weighted by molar-refractivity contribution is 0.590. The van der Waals surface area contributed by atoms with Gasteiger partial charge < -0.3 is 9.80 Å². The summed E-state index contributed by atoms with van der Waals surface area (Å²) >= 11 is 0. The van der Waals surface area contributed by atoms with Crippen molar-refractivity contribution in [2.45, 2.75) is 32.7 Å². The number of rotatable bonds is 5. The minimum Gasteiger partial charge on any atom is -0.338 e. The number of hydrogen-bond acceptors (Lipinski definition) is 2. The molecule has 9 rings (SSSR count). The van der Waals surface area contributed by atoms with Gasteiger partial charge in [0, 0.05) is 34.9 Å². The second-order valence-electron chi connectivity index (χ2n) is 14.6. The van der Waals surface area contributed by atoms with E-state index in [1.54, 1.807) is 0 Å². The molecule has 2 aliphatic heterocycles. The van der Waals surface area contributed by atoms with Gasteiger partial charge in [0.2, 0.25) is 0 Å². The molecule has 0 radical (unpaired) electrons. The Balaban J connectivity index is 1.33. The first-order chi connectivity index (χ1) is 24.5. The first-order valence-electron chi connectivity index (χ1n) is 17.7. The Morgan fingerprint density at radius 1 is 0.460 bits per heavy atom. The predicted octanol–water partition coefficient (Wildman–Crippen LogP) is 10.3. The SMILES string of the molecule is CC(C)(C)c1cc2c3c(c1)N(c1ccccc1-c1ccccc1)c1ccccc1B3c1ccccc1N2Cc1ccccc1-c1ccccc1. The van der Waals surface area contributed by atoms with E-state index in [-0.39, 0.29) is 12.1 Å². The van der Waals surface area contributed by atoms with Gasteiger partial charge in [-0.2, -0.15) is 0 Å². The van der Waals surface area contributed by atoms with Crippen molar-refractivity contribution >= 4 is 51.5 Å². The Morgan fingerprint density at radius 3 is 1.64 bits per heavy atom. The molecule has 2 aliphatic rings. The number of fused-ring (bicyclic) bond motifs is 4. The van der Waals surface area contributed by atoms with E-state index in [2.05, 4.69) is 200 Å². The highest BCUT2D eigenvalue weighted by atomic mass is 15.2. The second kappa shape index (κ2) is 12.0. The van der Waals surface area contributed by atoms with E-state index in [1.807, 2.05) is 0 Å². The van der Waals surface area contributed by atoms with Crippen molar-refractivity contribution in [2.24, 2.45) is 0 Å². The highest BCUT2D eigenvalue weighted by Crippen LogP contribution is 2.46. The van der Waals surface area contributed by atoms with Crippen LogP contribution in [0, 0.1) is 0 Å². The number of benzene rings is 7.